The van der Waals surface area contributed by atoms with Crippen molar-refractivity contribution in [2.24, 2.45) is 0 Å². The van der Waals surface area contributed by atoms with Crippen molar-refractivity contribution in [3.8, 4) is 5.75 Å². The van der Waals surface area contributed by atoms with E-state index in [0.29, 0.717) is 12.0 Å². The molecule has 1 fully saturated rings. The van der Waals surface area contributed by atoms with Gasteiger partial charge in [-0.1, -0.05) is 15.9 Å². The molecule has 0 spiro atoms. The van der Waals surface area contributed by atoms with E-state index in [1.165, 1.54) is 6.07 Å². The molecule has 0 aliphatic heterocycles. The standard InChI is InChI=1S/C12H13BrFNO4/c1-6-3-10(8(14)5-9(6)15(16)17)19-11-4-7(13)12(11)18-2/h3,5,7,11-12H,4H2,1-2H3. The molecule has 104 valence electrons. The molecule has 0 aromatic heterocycles. The van der Waals surface area contributed by atoms with Crippen molar-refractivity contribution in [1.29, 1.82) is 0 Å². The molecule has 0 bridgehead atoms. The van der Waals surface area contributed by atoms with Gasteiger partial charge in [0.1, 0.15) is 12.2 Å². The van der Waals surface area contributed by atoms with E-state index < -0.39 is 10.7 Å². The smallest absolute Gasteiger partial charge is 0.275 e. The minimum atomic E-state index is -0.731. The highest BCUT2D eigenvalue weighted by Crippen LogP contribution is 2.35. The number of aryl methyl sites for hydroxylation is 1. The fourth-order valence-corrected chi connectivity index (χ4v) is 2.96. The second-order valence-electron chi connectivity index (χ2n) is 4.43. The van der Waals surface area contributed by atoms with Crippen molar-refractivity contribution in [3.05, 3.63) is 33.6 Å². The van der Waals surface area contributed by atoms with Crippen LogP contribution < -0.4 is 4.74 Å². The summed E-state index contributed by atoms with van der Waals surface area (Å²) in [6.45, 7) is 1.55. The van der Waals surface area contributed by atoms with Gasteiger partial charge in [-0.25, -0.2) is 4.39 Å². The average molecular weight is 334 g/mol. The molecule has 19 heavy (non-hydrogen) atoms. The van der Waals surface area contributed by atoms with Gasteiger partial charge in [-0.15, -0.1) is 0 Å². The topological polar surface area (TPSA) is 61.6 Å². The summed E-state index contributed by atoms with van der Waals surface area (Å²) in [6, 6.07) is 2.23. The lowest BCUT2D eigenvalue weighted by Gasteiger charge is -2.40. The Bertz CT molecular complexity index is 511. The molecule has 1 saturated carbocycles. The lowest BCUT2D eigenvalue weighted by atomic mass is 9.91. The van der Waals surface area contributed by atoms with Crippen LogP contribution in [0.3, 0.4) is 0 Å². The predicted octanol–water partition coefficient (Wildman–Crippen LogP) is 2.97. The van der Waals surface area contributed by atoms with Crippen LogP contribution in [0, 0.1) is 22.9 Å². The zero-order valence-electron chi connectivity index (χ0n) is 10.4. The van der Waals surface area contributed by atoms with E-state index >= 15 is 0 Å². The molecule has 7 heteroatoms. The van der Waals surface area contributed by atoms with Crippen LogP contribution in [0.5, 0.6) is 5.75 Å². The van der Waals surface area contributed by atoms with Gasteiger partial charge in [0, 0.05) is 23.9 Å². The molecular weight excluding hydrogens is 321 g/mol. The third kappa shape index (κ3) is 2.71. The molecule has 0 amide bonds. The summed E-state index contributed by atoms with van der Waals surface area (Å²) in [7, 11) is 1.56. The highest BCUT2D eigenvalue weighted by atomic mass is 79.9. The molecule has 3 atom stereocenters. The van der Waals surface area contributed by atoms with E-state index in [1.807, 2.05) is 0 Å². The van der Waals surface area contributed by atoms with Crippen molar-refractivity contribution in [2.45, 2.75) is 30.4 Å². The molecule has 1 aliphatic carbocycles. The van der Waals surface area contributed by atoms with Crippen molar-refractivity contribution in [1.82, 2.24) is 0 Å². The zero-order valence-corrected chi connectivity index (χ0v) is 12.0. The fraction of sp³-hybridized carbons (Fsp3) is 0.500. The molecule has 1 aromatic carbocycles. The summed E-state index contributed by atoms with van der Waals surface area (Å²) in [5, 5.41) is 10.7. The van der Waals surface area contributed by atoms with Crippen LogP contribution in [-0.4, -0.2) is 29.1 Å². The van der Waals surface area contributed by atoms with E-state index in [9.17, 15) is 14.5 Å². The van der Waals surface area contributed by atoms with Gasteiger partial charge in [-0.3, -0.25) is 10.1 Å². The Labute approximate surface area is 118 Å². The van der Waals surface area contributed by atoms with Gasteiger partial charge in [-0.2, -0.15) is 0 Å². The monoisotopic (exact) mass is 333 g/mol. The lowest BCUT2D eigenvalue weighted by Crippen LogP contribution is -2.52. The number of hydrogen-bond donors (Lipinski definition) is 0. The van der Waals surface area contributed by atoms with Gasteiger partial charge in [0.2, 0.25) is 0 Å². The number of ether oxygens (including phenoxy) is 2. The third-order valence-electron chi connectivity index (χ3n) is 3.18. The Hall–Kier alpha value is -1.21. The average Bonchev–Trinajstić information content (AvgIpc) is 2.32. The second-order valence-corrected chi connectivity index (χ2v) is 5.61. The Morgan fingerprint density at radius 2 is 2.21 bits per heavy atom. The molecule has 3 unspecified atom stereocenters. The summed E-state index contributed by atoms with van der Waals surface area (Å²) in [5.74, 6) is -0.709. The minimum absolute atomic E-state index is 0.0227. The molecule has 2 rings (SSSR count). The Balaban J connectivity index is 2.18. The normalized spacial score (nSPS) is 25.8. The first kappa shape index (κ1) is 14.2. The second kappa shape index (κ2) is 5.42. The Morgan fingerprint density at radius 1 is 1.53 bits per heavy atom. The number of nitrogens with zero attached hydrogens (tertiary/aromatic N) is 1. The number of nitro groups is 1. The predicted molar refractivity (Wildman–Crippen MR) is 70.3 cm³/mol. The Morgan fingerprint density at radius 3 is 2.74 bits per heavy atom. The molecule has 0 N–H and O–H groups in total. The number of hydrogen-bond acceptors (Lipinski definition) is 4. The first-order valence-electron chi connectivity index (χ1n) is 5.72. The van der Waals surface area contributed by atoms with Crippen LogP contribution in [-0.2, 0) is 4.74 Å². The number of benzene rings is 1. The SMILES string of the molecule is COC1C(Br)CC1Oc1cc(C)c([N+](=O)[O-])cc1F. The maximum absolute atomic E-state index is 13.8. The van der Waals surface area contributed by atoms with Crippen LogP contribution in [0.4, 0.5) is 10.1 Å². The van der Waals surface area contributed by atoms with E-state index in [2.05, 4.69) is 15.9 Å². The van der Waals surface area contributed by atoms with Gasteiger partial charge in [0.25, 0.3) is 5.69 Å². The summed E-state index contributed by atoms with van der Waals surface area (Å²) >= 11 is 3.42. The van der Waals surface area contributed by atoms with Crippen LogP contribution in [0.15, 0.2) is 12.1 Å². The van der Waals surface area contributed by atoms with E-state index in [4.69, 9.17) is 9.47 Å². The molecule has 0 radical (unpaired) electrons. The van der Waals surface area contributed by atoms with Gasteiger partial charge < -0.3 is 9.47 Å². The quantitative estimate of drug-likeness (QED) is 0.482. The molecule has 0 saturated heterocycles. The van der Waals surface area contributed by atoms with Gasteiger partial charge in [0.05, 0.1) is 11.0 Å². The van der Waals surface area contributed by atoms with Crippen LogP contribution in [0.25, 0.3) is 0 Å². The van der Waals surface area contributed by atoms with Crippen LogP contribution in [0.2, 0.25) is 0 Å². The molecule has 1 aliphatic rings. The number of methoxy groups -OCH3 is 1. The number of rotatable bonds is 4. The van der Waals surface area contributed by atoms with E-state index in [0.717, 1.165) is 6.07 Å². The maximum atomic E-state index is 13.8. The van der Waals surface area contributed by atoms with Gasteiger partial charge in [-0.05, 0) is 13.0 Å². The number of nitro benzene ring substituents is 1. The fourth-order valence-electron chi connectivity index (χ4n) is 2.04. The van der Waals surface area contributed by atoms with Gasteiger partial charge >= 0.3 is 0 Å². The zero-order chi connectivity index (χ0) is 14.2. The highest BCUT2D eigenvalue weighted by molar-refractivity contribution is 9.09. The number of alkyl halides is 1. The first-order valence-corrected chi connectivity index (χ1v) is 6.63. The minimum Gasteiger partial charge on any atom is -0.485 e. The van der Waals surface area contributed by atoms with Crippen molar-refractivity contribution >= 4 is 21.6 Å². The lowest BCUT2D eigenvalue weighted by molar-refractivity contribution is -0.385. The molecular formula is C12H13BrFNO4. The largest absolute Gasteiger partial charge is 0.485 e. The molecule has 1 aromatic rings. The van der Waals surface area contributed by atoms with Crippen LogP contribution >= 0.6 is 15.9 Å². The van der Waals surface area contributed by atoms with E-state index in [-0.39, 0.29) is 28.5 Å². The highest BCUT2D eigenvalue weighted by Gasteiger charge is 2.42. The van der Waals surface area contributed by atoms with Gasteiger partial charge in [0.15, 0.2) is 11.6 Å². The number of halogens is 2. The van der Waals surface area contributed by atoms with E-state index in [1.54, 1.807) is 14.0 Å². The molecule has 5 nitrogen and oxygen atoms in total. The van der Waals surface area contributed by atoms with Crippen molar-refractivity contribution in [2.75, 3.05) is 7.11 Å². The summed E-state index contributed by atoms with van der Waals surface area (Å²) in [6.07, 6.45) is 0.313. The van der Waals surface area contributed by atoms with Crippen molar-refractivity contribution < 1.29 is 18.8 Å². The van der Waals surface area contributed by atoms with Crippen molar-refractivity contribution in [3.63, 3.8) is 0 Å². The van der Waals surface area contributed by atoms with Crippen LogP contribution in [0.1, 0.15) is 12.0 Å². The maximum Gasteiger partial charge on any atom is 0.275 e. The summed E-state index contributed by atoms with van der Waals surface area (Å²) < 4.78 is 24.5. The third-order valence-corrected chi connectivity index (χ3v) is 4.07. The first-order chi connectivity index (χ1) is 8.93. The summed E-state index contributed by atoms with van der Waals surface area (Å²) in [4.78, 5) is 10.3. The Kier molecular flexibility index (Phi) is 4.05. The molecule has 0 heterocycles. The summed E-state index contributed by atoms with van der Waals surface area (Å²) in [5.41, 5.74) is 0.116.